The minimum absolute atomic E-state index is 0.00798. The third-order valence-electron chi connectivity index (χ3n) is 4.03. The molecule has 30 heavy (non-hydrogen) atoms. The van der Waals surface area contributed by atoms with E-state index < -0.39 is 23.6 Å². The van der Waals surface area contributed by atoms with Crippen LogP contribution in [0.5, 0.6) is 5.75 Å². The lowest BCUT2D eigenvalue weighted by atomic mass is 10.1. The van der Waals surface area contributed by atoms with Gasteiger partial charge in [-0.25, -0.2) is 13.6 Å². The number of hydrogen-bond donors (Lipinski definition) is 3. The van der Waals surface area contributed by atoms with E-state index in [1.54, 1.807) is 24.4 Å². The zero-order chi connectivity index (χ0) is 21.5. The molecule has 3 N–H and O–H groups in total. The molecule has 0 fully saturated rings. The second-order valence-corrected chi connectivity index (χ2v) is 6.22. The Balaban J connectivity index is 1.83. The first kappa shape index (κ1) is 20.7. The van der Waals surface area contributed by atoms with Gasteiger partial charge in [0, 0.05) is 12.7 Å². The van der Waals surface area contributed by atoms with Gasteiger partial charge in [-0.1, -0.05) is 12.1 Å². The number of hydrogen-bond acceptors (Lipinski definition) is 4. The zero-order valence-corrected chi connectivity index (χ0v) is 15.6. The number of ether oxygens (including phenoxy) is 1. The molecule has 3 rings (SSSR count). The van der Waals surface area contributed by atoms with E-state index in [0.29, 0.717) is 16.8 Å². The SMILES string of the molecule is O=C(O)NCc1ccc(OCc2ccc(F)c(F)c2)c(C(=O)Nc2cccnc2)c1. The number of pyridine rings is 1. The van der Waals surface area contributed by atoms with Crippen LogP contribution in [0.15, 0.2) is 60.9 Å². The average molecular weight is 413 g/mol. The third kappa shape index (κ3) is 5.51. The van der Waals surface area contributed by atoms with Gasteiger partial charge < -0.3 is 20.5 Å². The Kier molecular flexibility index (Phi) is 6.53. The lowest BCUT2D eigenvalue weighted by Gasteiger charge is -2.14. The Morgan fingerprint density at radius 3 is 2.53 bits per heavy atom. The van der Waals surface area contributed by atoms with E-state index in [1.165, 1.54) is 24.4 Å². The van der Waals surface area contributed by atoms with Gasteiger partial charge in [0.1, 0.15) is 12.4 Å². The maximum absolute atomic E-state index is 13.4. The van der Waals surface area contributed by atoms with E-state index in [1.807, 2.05) is 0 Å². The number of anilines is 1. The molecule has 0 spiro atoms. The number of carbonyl (C=O) groups excluding carboxylic acids is 1. The number of benzene rings is 2. The van der Waals surface area contributed by atoms with Crippen molar-refractivity contribution in [2.24, 2.45) is 0 Å². The predicted molar refractivity (Wildman–Crippen MR) is 104 cm³/mol. The molecule has 2 amide bonds. The standard InChI is InChI=1S/C21H17F2N3O4/c22-17-5-3-14(9-18(17)23)12-30-19-6-4-13(10-25-21(28)29)8-16(19)20(27)26-15-2-1-7-24-11-15/h1-9,11,25H,10,12H2,(H,26,27)(H,28,29). The zero-order valence-electron chi connectivity index (χ0n) is 15.6. The van der Waals surface area contributed by atoms with Gasteiger partial charge in [0.25, 0.3) is 5.91 Å². The van der Waals surface area contributed by atoms with Crippen molar-refractivity contribution in [3.05, 3.63) is 89.2 Å². The van der Waals surface area contributed by atoms with Gasteiger partial charge in [0.05, 0.1) is 17.4 Å². The van der Waals surface area contributed by atoms with Crippen LogP contribution in [-0.2, 0) is 13.2 Å². The summed E-state index contributed by atoms with van der Waals surface area (Å²) in [6, 6.07) is 11.3. The second-order valence-electron chi connectivity index (χ2n) is 6.22. The number of nitrogens with zero attached hydrogens (tertiary/aromatic N) is 1. The molecule has 0 aliphatic rings. The maximum Gasteiger partial charge on any atom is 0.404 e. The average Bonchev–Trinajstić information content (AvgIpc) is 2.74. The van der Waals surface area contributed by atoms with Crippen LogP contribution in [0.4, 0.5) is 19.3 Å². The summed E-state index contributed by atoms with van der Waals surface area (Å²) in [5, 5.41) is 13.7. The number of carbonyl (C=O) groups is 2. The topological polar surface area (TPSA) is 101 Å². The van der Waals surface area contributed by atoms with Crippen molar-refractivity contribution in [2.75, 3.05) is 5.32 Å². The van der Waals surface area contributed by atoms with E-state index in [9.17, 15) is 18.4 Å². The molecule has 0 unspecified atom stereocenters. The number of rotatable bonds is 7. The van der Waals surface area contributed by atoms with Crippen LogP contribution in [0, 0.1) is 11.6 Å². The van der Waals surface area contributed by atoms with E-state index in [4.69, 9.17) is 9.84 Å². The summed E-state index contributed by atoms with van der Waals surface area (Å²) in [5.74, 6) is -2.27. The summed E-state index contributed by atoms with van der Waals surface area (Å²) >= 11 is 0. The minimum atomic E-state index is -1.20. The molecule has 1 aromatic heterocycles. The molecule has 3 aromatic rings. The fourth-order valence-corrected chi connectivity index (χ4v) is 2.59. The highest BCUT2D eigenvalue weighted by atomic mass is 19.2. The van der Waals surface area contributed by atoms with Crippen LogP contribution in [0.25, 0.3) is 0 Å². The second kappa shape index (κ2) is 9.46. The highest BCUT2D eigenvalue weighted by molar-refractivity contribution is 6.06. The fraction of sp³-hybridized carbons (Fsp3) is 0.0952. The van der Waals surface area contributed by atoms with Gasteiger partial charge >= 0.3 is 6.09 Å². The summed E-state index contributed by atoms with van der Waals surface area (Å²) in [7, 11) is 0. The smallest absolute Gasteiger partial charge is 0.404 e. The highest BCUT2D eigenvalue weighted by Crippen LogP contribution is 2.23. The predicted octanol–water partition coefficient (Wildman–Crippen LogP) is 3.96. The van der Waals surface area contributed by atoms with Gasteiger partial charge in [-0.15, -0.1) is 0 Å². The van der Waals surface area contributed by atoms with Crippen molar-refractivity contribution in [3.8, 4) is 5.75 Å². The summed E-state index contributed by atoms with van der Waals surface area (Å²) in [6.45, 7) is -0.108. The first-order chi connectivity index (χ1) is 14.4. The Morgan fingerprint density at radius 2 is 1.83 bits per heavy atom. The van der Waals surface area contributed by atoms with Gasteiger partial charge in [0.15, 0.2) is 11.6 Å². The number of carboxylic acid groups (broad SMARTS) is 1. The van der Waals surface area contributed by atoms with Crippen LogP contribution in [0.2, 0.25) is 0 Å². The van der Waals surface area contributed by atoms with Crippen molar-refractivity contribution >= 4 is 17.7 Å². The summed E-state index contributed by atoms with van der Waals surface area (Å²) in [6.07, 6.45) is 1.83. The Labute approximate surface area is 170 Å². The molecule has 2 aromatic carbocycles. The Bertz CT molecular complexity index is 1060. The first-order valence-corrected chi connectivity index (χ1v) is 8.80. The van der Waals surface area contributed by atoms with E-state index in [2.05, 4.69) is 15.6 Å². The van der Waals surface area contributed by atoms with Crippen molar-refractivity contribution in [2.45, 2.75) is 13.2 Å². The van der Waals surface area contributed by atoms with Crippen molar-refractivity contribution in [1.29, 1.82) is 0 Å². The van der Waals surface area contributed by atoms with Crippen molar-refractivity contribution < 1.29 is 28.2 Å². The lowest BCUT2D eigenvalue weighted by Crippen LogP contribution is -2.20. The normalized spacial score (nSPS) is 10.3. The van der Waals surface area contributed by atoms with Crippen LogP contribution >= 0.6 is 0 Å². The molecule has 0 saturated heterocycles. The third-order valence-corrected chi connectivity index (χ3v) is 4.03. The summed E-state index contributed by atoms with van der Waals surface area (Å²) < 4.78 is 32.1. The van der Waals surface area contributed by atoms with Crippen LogP contribution in [-0.4, -0.2) is 22.1 Å². The molecular weight excluding hydrogens is 396 g/mol. The molecule has 0 atom stereocenters. The van der Waals surface area contributed by atoms with Gasteiger partial charge in [-0.05, 0) is 47.5 Å². The molecule has 9 heteroatoms. The summed E-state index contributed by atoms with van der Waals surface area (Å²) in [5.41, 5.74) is 1.52. The molecule has 0 bridgehead atoms. The first-order valence-electron chi connectivity index (χ1n) is 8.80. The molecule has 0 saturated carbocycles. The Morgan fingerprint density at radius 1 is 1.03 bits per heavy atom. The minimum Gasteiger partial charge on any atom is -0.488 e. The lowest BCUT2D eigenvalue weighted by molar-refractivity contribution is 0.102. The monoisotopic (exact) mass is 413 g/mol. The molecule has 0 radical (unpaired) electrons. The van der Waals surface area contributed by atoms with E-state index in [-0.39, 0.29) is 24.5 Å². The van der Waals surface area contributed by atoms with Gasteiger partial charge in [0.2, 0.25) is 0 Å². The molecule has 1 heterocycles. The number of halogens is 2. The maximum atomic E-state index is 13.4. The number of amides is 2. The van der Waals surface area contributed by atoms with Crippen LogP contribution in [0.3, 0.4) is 0 Å². The van der Waals surface area contributed by atoms with Crippen molar-refractivity contribution in [1.82, 2.24) is 10.3 Å². The van der Waals surface area contributed by atoms with Crippen LogP contribution in [0.1, 0.15) is 21.5 Å². The van der Waals surface area contributed by atoms with Gasteiger partial charge in [-0.2, -0.15) is 0 Å². The van der Waals surface area contributed by atoms with E-state index in [0.717, 1.165) is 12.1 Å². The molecule has 7 nitrogen and oxygen atoms in total. The quantitative estimate of drug-likeness (QED) is 0.544. The summed E-state index contributed by atoms with van der Waals surface area (Å²) in [4.78, 5) is 27.4. The number of nitrogens with one attached hydrogen (secondary N) is 2. The molecule has 0 aliphatic heterocycles. The van der Waals surface area contributed by atoms with Crippen molar-refractivity contribution in [3.63, 3.8) is 0 Å². The largest absolute Gasteiger partial charge is 0.488 e. The number of aromatic nitrogens is 1. The Hall–Kier alpha value is -4.01. The van der Waals surface area contributed by atoms with Gasteiger partial charge in [-0.3, -0.25) is 9.78 Å². The molecule has 154 valence electrons. The molecule has 0 aliphatic carbocycles. The highest BCUT2D eigenvalue weighted by Gasteiger charge is 2.15. The fourth-order valence-electron chi connectivity index (χ4n) is 2.59. The van der Waals surface area contributed by atoms with E-state index >= 15 is 0 Å². The van der Waals surface area contributed by atoms with Crippen LogP contribution < -0.4 is 15.4 Å². The molecular formula is C21H17F2N3O4.